The third kappa shape index (κ3) is 2.67. The minimum absolute atomic E-state index is 0.0264. The molecule has 1 unspecified atom stereocenters. The van der Waals surface area contributed by atoms with E-state index in [9.17, 15) is 8.60 Å². The summed E-state index contributed by atoms with van der Waals surface area (Å²) in [6, 6.07) is 2.73. The van der Waals surface area contributed by atoms with Gasteiger partial charge in [0.2, 0.25) is 0 Å². The van der Waals surface area contributed by atoms with Crippen molar-refractivity contribution in [2.24, 2.45) is 0 Å². The molecule has 0 aliphatic rings. The van der Waals surface area contributed by atoms with Crippen LogP contribution in [-0.2, 0) is 11.0 Å². The molecular formula is C8H9ClFNOS. The highest BCUT2D eigenvalue weighted by Gasteiger charge is 2.05. The van der Waals surface area contributed by atoms with Crippen LogP contribution in [0.25, 0.3) is 0 Å². The predicted molar refractivity (Wildman–Crippen MR) is 53.8 cm³/mol. The Bertz CT molecular complexity index is 356. The van der Waals surface area contributed by atoms with E-state index in [0.29, 0.717) is 11.3 Å². The lowest BCUT2D eigenvalue weighted by Crippen LogP contribution is -2.03. The number of hydrogen-bond donors (Lipinski definition) is 1. The average Bonchev–Trinajstić information content (AvgIpc) is 1.99. The van der Waals surface area contributed by atoms with Crippen LogP contribution in [0.4, 0.5) is 10.1 Å². The van der Waals surface area contributed by atoms with Gasteiger partial charge in [0, 0.05) is 6.26 Å². The van der Waals surface area contributed by atoms with Crippen LogP contribution in [0.3, 0.4) is 0 Å². The van der Waals surface area contributed by atoms with Gasteiger partial charge in [0.25, 0.3) is 0 Å². The number of rotatable bonds is 2. The first kappa shape index (κ1) is 10.5. The molecule has 1 aromatic carbocycles. The van der Waals surface area contributed by atoms with Crippen molar-refractivity contribution in [1.82, 2.24) is 0 Å². The predicted octanol–water partition coefficient (Wildman–Crippen LogP) is 2.49. The Kier molecular flexibility index (Phi) is 3.27. The van der Waals surface area contributed by atoms with Crippen LogP contribution in [-0.4, -0.2) is 10.5 Å². The van der Waals surface area contributed by atoms with E-state index in [1.54, 1.807) is 6.92 Å². The second-order valence-corrected chi connectivity index (χ2v) is 4.16. The molecule has 0 fully saturated rings. The molecule has 72 valence electrons. The zero-order valence-electron chi connectivity index (χ0n) is 7.23. The summed E-state index contributed by atoms with van der Waals surface area (Å²) < 4.78 is 26.3. The van der Waals surface area contributed by atoms with Crippen molar-refractivity contribution in [3.05, 3.63) is 28.5 Å². The fourth-order valence-electron chi connectivity index (χ4n) is 0.911. The summed E-state index contributed by atoms with van der Waals surface area (Å²) in [5.41, 5.74) is 1.27. The third-order valence-electron chi connectivity index (χ3n) is 1.52. The summed E-state index contributed by atoms with van der Waals surface area (Å²) >= 11 is 5.56. The zero-order valence-corrected chi connectivity index (χ0v) is 8.80. The SMILES string of the molecule is Cc1cc(F)c(Cl)cc1NS(C)=O. The van der Waals surface area contributed by atoms with Crippen molar-refractivity contribution in [3.8, 4) is 0 Å². The Morgan fingerprint density at radius 1 is 1.54 bits per heavy atom. The lowest BCUT2D eigenvalue weighted by atomic mass is 10.2. The van der Waals surface area contributed by atoms with Gasteiger partial charge in [0.15, 0.2) is 0 Å². The Morgan fingerprint density at radius 2 is 2.15 bits per heavy atom. The van der Waals surface area contributed by atoms with Crippen molar-refractivity contribution in [2.45, 2.75) is 6.92 Å². The van der Waals surface area contributed by atoms with E-state index in [0.717, 1.165) is 0 Å². The highest BCUT2D eigenvalue weighted by molar-refractivity contribution is 7.85. The van der Waals surface area contributed by atoms with Crippen LogP contribution >= 0.6 is 11.6 Å². The van der Waals surface area contributed by atoms with Crippen molar-refractivity contribution in [1.29, 1.82) is 0 Å². The molecule has 13 heavy (non-hydrogen) atoms. The van der Waals surface area contributed by atoms with E-state index in [1.165, 1.54) is 18.4 Å². The van der Waals surface area contributed by atoms with E-state index >= 15 is 0 Å². The normalized spacial score (nSPS) is 12.6. The first-order chi connectivity index (χ1) is 6.00. The van der Waals surface area contributed by atoms with Gasteiger partial charge < -0.3 is 4.72 Å². The molecule has 0 spiro atoms. The number of halogens is 2. The molecule has 0 amide bonds. The molecule has 0 aromatic heterocycles. The van der Waals surface area contributed by atoms with E-state index in [2.05, 4.69) is 4.72 Å². The van der Waals surface area contributed by atoms with Gasteiger partial charge in [-0.2, -0.15) is 0 Å². The van der Waals surface area contributed by atoms with Crippen LogP contribution in [0.2, 0.25) is 5.02 Å². The molecule has 2 nitrogen and oxygen atoms in total. The van der Waals surface area contributed by atoms with E-state index in [-0.39, 0.29) is 5.02 Å². The number of hydrogen-bond acceptors (Lipinski definition) is 1. The molecule has 1 aromatic rings. The molecule has 1 N–H and O–H groups in total. The van der Waals surface area contributed by atoms with E-state index in [1.807, 2.05) is 0 Å². The quantitative estimate of drug-likeness (QED) is 0.817. The second-order valence-electron chi connectivity index (χ2n) is 2.64. The number of nitrogens with one attached hydrogen (secondary N) is 1. The first-order valence-electron chi connectivity index (χ1n) is 3.56. The number of benzene rings is 1. The maximum Gasteiger partial charge on any atom is 0.142 e. The van der Waals surface area contributed by atoms with Gasteiger partial charge in [0.1, 0.15) is 16.8 Å². The Morgan fingerprint density at radius 3 is 2.69 bits per heavy atom. The van der Waals surface area contributed by atoms with Crippen LogP contribution < -0.4 is 4.72 Å². The number of anilines is 1. The lowest BCUT2D eigenvalue weighted by Gasteiger charge is -2.07. The Balaban J connectivity index is 3.08. The molecule has 0 heterocycles. The fraction of sp³-hybridized carbons (Fsp3) is 0.250. The summed E-state index contributed by atoms with van der Waals surface area (Å²) in [6.45, 7) is 1.72. The highest BCUT2D eigenvalue weighted by atomic mass is 35.5. The largest absolute Gasteiger partial charge is 0.305 e. The monoisotopic (exact) mass is 221 g/mol. The van der Waals surface area contributed by atoms with Crippen molar-refractivity contribution < 1.29 is 8.60 Å². The summed E-state index contributed by atoms with van der Waals surface area (Å²) in [4.78, 5) is 0. The molecule has 0 aliphatic carbocycles. The topological polar surface area (TPSA) is 29.1 Å². The molecule has 1 atom stereocenters. The summed E-state index contributed by atoms with van der Waals surface area (Å²) in [5.74, 6) is -0.466. The molecule has 0 radical (unpaired) electrons. The maximum atomic E-state index is 12.9. The number of aryl methyl sites for hydroxylation is 1. The summed E-state index contributed by atoms with van der Waals surface area (Å²) in [5, 5.41) is 0.0264. The van der Waals surface area contributed by atoms with Crippen molar-refractivity contribution in [3.63, 3.8) is 0 Å². The molecule has 0 saturated carbocycles. The summed E-state index contributed by atoms with van der Waals surface area (Å²) in [7, 11) is -1.17. The first-order valence-corrected chi connectivity index (χ1v) is 5.50. The maximum absolute atomic E-state index is 12.9. The fourth-order valence-corrected chi connectivity index (χ4v) is 1.60. The van der Waals surface area contributed by atoms with Gasteiger partial charge in [-0.3, -0.25) is 0 Å². The minimum Gasteiger partial charge on any atom is -0.305 e. The second kappa shape index (κ2) is 4.07. The van der Waals surface area contributed by atoms with Gasteiger partial charge in [-0.1, -0.05) is 11.6 Å². The van der Waals surface area contributed by atoms with Crippen LogP contribution in [0, 0.1) is 12.7 Å². The third-order valence-corrected chi connectivity index (χ3v) is 2.32. The molecule has 0 aliphatic heterocycles. The van der Waals surface area contributed by atoms with Crippen molar-refractivity contribution >= 4 is 28.3 Å². The lowest BCUT2D eigenvalue weighted by molar-refractivity contribution is 0.627. The standard InChI is InChI=1S/C8H9ClFNOS/c1-5-3-7(10)6(9)4-8(5)11-13(2)12/h3-4,11H,1-2H3. The van der Waals surface area contributed by atoms with Crippen LogP contribution in [0.1, 0.15) is 5.56 Å². The molecule has 0 saturated heterocycles. The van der Waals surface area contributed by atoms with Crippen LogP contribution in [0.15, 0.2) is 12.1 Å². The van der Waals surface area contributed by atoms with Gasteiger partial charge >= 0.3 is 0 Å². The molecule has 1 rings (SSSR count). The van der Waals surface area contributed by atoms with Crippen LogP contribution in [0.5, 0.6) is 0 Å². The van der Waals surface area contributed by atoms with Crippen molar-refractivity contribution in [2.75, 3.05) is 11.0 Å². The van der Waals surface area contributed by atoms with E-state index < -0.39 is 16.8 Å². The minimum atomic E-state index is -1.17. The van der Waals surface area contributed by atoms with Gasteiger partial charge in [-0.15, -0.1) is 0 Å². The van der Waals surface area contributed by atoms with Gasteiger partial charge in [-0.25, -0.2) is 8.60 Å². The van der Waals surface area contributed by atoms with E-state index in [4.69, 9.17) is 11.6 Å². The van der Waals surface area contributed by atoms with Gasteiger partial charge in [-0.05, 0) is 24.6 Å². The Labute approximate surface area is 83.7 Å². The molecule has 0 bridgehead atoms. The Hall–Kier alpha value is -0.610. The molecule has 5 heteroatoms. The molecular weight excluding hydrogens is 213 g/mol. The smallest absolute Gasteiger partial charge is 0.142 e. The highest BCUT2D eigenvalue weighted by Crippen LogP contribution is 2.23. The zero-order chi connectivity index (χ0) is 10.0. The van der Waals surface area contributed by atoms with Gasteiger partial charge in [0.05, 0.1) is 10.7 Å². The summed E-state index contributed by atoms with van der Waals surface area (Å²) in [6.07, 6.45) is 1.50. The average molecular weight is 222 g/mol.